The lowest BCUT2D eigenvalue weighted by Gasteiger charge is -1.96. The maximum absolute atomic E-state index is 12.6. The Morgan fingerprint density at radius 3 is 3.07 bits per heavy atom. The fourth-order valence-electron chi connectivity index (χ4n) is 0.837. The van der Waals surface area contributed by atoms with Crippen molar-refractivity contribution >= 4 is 11.7 Å². The number of nitrogens with two attached hydrogens (primary N) is 1. The first kappa shape index (κ1) is 11.0. The lowest BCUT2D eigenvalue weighted by atomic mass is 10.3. The molecule has 0 aromatic carbocycles. The summed E-state index contributed by atoms with van der Waals surface area (Å²) in [4.78, 5) is 14.5. The number of esters is 1. The van der Waals surface area contributed by atoms with E-state index in [4.69, 9.17) is 5.73 Å². The van der Waals surface area contributed by atoms with Crippen molar-refractivity contribution < 1.29 is 13.9 Å². The van der Waals surface area contributed by atoms with Crippen LogP contribution in [0.3, 0.4) is 0 Å². The summed E-state index contributed by atoms with van der Waals surface area (Å²) < 4.78 is 17.2. The van der Waals surface area contributed by atoms with Crippen molar-refractivity contribution in [1.29, 1.82) is 0 Å². The first-order valence-corrected chi connectivity index (χ1v) is 4.23. The molecule has 0 atom stereocenters. The number of pyridine rings is 1. The predicted molar refractivity (Wildman–Crippen MR) is 52.1 cm³/mol. The van der Waals surface area contributed by atoms with Gasteiger partial charge in [-0.05, 0) is 12.8 Å². The standard InChI is InChI=1S/C10H9FN2O2/c1-2-15-10(14)4-3-9-8(12)5-7(11)6-13-9/h5-6H,2,12H2,1H3. The van der Waals surface area contributed by atoms with E-state index in [1.807, 2.05) is 0 Å². The van der Waals surface area contributed by atoms with Crippen LogP contribution in [0.2, 0.25) is 0 Å². The highest BCUT2D eigenvalue weighted by atomic mass is 19.1. The van der Waals surface area contributed by atoms with Crippen LogP contribution >= 0.6 is 0 Å². The Morgan fingerprint density at radius 1 is 1.73 bits per heavy atom. The summed E-state index contributed by atoms with van der Waals surface area (Å²) in [5.74, 6) is 3.37. The molecule has 0 bridgehead atoms. The third-order valence-electron chi connectivity index (χ3n) is 1.44. The van der Waals surface area contributed by atoms with Crippen LogP contribution in [0.25, 0.3) is 0 Å². The van der Waals surface area contributed by atoms with Crippen LogP contribution in [0.5, 0.6) is 0 Å². The average molecular weight is 208 g/mol. The fraction of sp³-hybridized carbons (Fsp3) is 0.200. The van der Waals surface area contributed by atoms with Gasteiger partial charge in [0.1, 0.15) is 11.5 Å². The highest BCUT2D eigenvalue weighted by molar-refractivity contribution is 5.89. The monoisotopic (exact) mass is 208 g/mol. The summed E-state index contributed by atoms with van der Waals surface area (Å²) in [7, 11) is 0. The van der Waals surface area contributed by atoms with Crippen LogP contribution in [0.15, 0.2) is 12.3 Å². The Morgan fingerprint density at radius 2 is 2.47 bits per heavy atom. The number of halogens is 1. The molecule has 0 saturated carbocycles. The second kappa shape index (κ2) is 4.96. The topological polar surface area (TPSA) is 65.2 Å². The number of carbonyl (C=O) groups excluding carboxylic acids is 1. The summed E-state index contributed by atoms with van der Waals surface area (Å²) in [5.41, 5.74) is 5.67. The molecule has 0 amide bonds. The molecule has 1 heterocycles. The van der Waals surface area contributed by atoms with E-state index in [0.717, 1.165) is 12.3 Å². The van der Waals surface area contributed by atoms with Gasteiger partial charge in [0.2, 0.25) is 0 Å². The van der Waals surface area contributed by atoms with Gasteiger partial charge in [0.05, 0.1) is 18.5 Å². The van der Waals surface area contributed by atoms with Gasteiger partial charge >= 0.3 is 5.97 Å². The molecule has 0 aliphatic heterocycles. The SMILES string of the molecule is CCOC(=O)C#Cc1ncc(F)cc1N. The van der Waals surface area contributed by atoms with Crippen molar-refractivity contribution in [2.24, 2.45) is 0 Å². The number of hydrogen-bond donors (Lipinski definition) is 1. The van der Waals surface area contributed by atoms with Crippen LogP contribution in [0.1, 0.15) is 12.6 Å². The molecule has 15 heavy (non-hydrogen) atoms. The maximum Gasteiger partial charge on any atom is 0.384 e. The molecule has 4 nitrogen and oxygen atoms in total. The molecule has 0 spiro atoms. The minimum Gasteiger partial charge on any atom is -0.456 e. The number of nitrogens with zero attached hydrogens (tertiary/aromatic N) is 1. The van der Waals surface area contributed by atoms with E-state index < -0.39 is 11.8 Å². The summed E-state index contributed by atoms with van der Waals surface area (Å²) >= 11 is 0. The molecule has 2 N–H and O–H groups in total. The summed E-state index contributed by atoms with van der Waals surface area (Å²) in [5, 5.41) is 0. The Bertz CT molecular complexity index is 435. The fourth-order valence-corrected chi connectivity index (χ4v) is 0.837. The smallest absolute Gasteiger partial charge is 0.384 e. The van der Waals surface area contributed by atoms with Gasteiger partial charge in [0.15, 0.2) is 0 Å². The van der Waals surface area contributed by atoms with Gasteiger partial charge in [-0.3, -0.25) is 0 Å². The van der Waals surface area contributed by atoms with Crippen LogP contribution in [0.4, 0.5) is 10.1 Å². The molecule has 0 radical (unpaired) electrons. The molecule has 0 fully saturated rings. The first-order valence-electron chi connectivity index (χ1n) is 4.23. The van der Waals surface area contributed by atoms with E-state index in [-0.39, 0.29) is 18.0 Å². The first-order chi connectivity index (χ1) is 7.13. The molecule has 5 heteroatoms. The van der Waals surface area contributed by atoms with Crippen molar-refractivity contribution in [3.05, 3.63) is 23.8 Å². The van der Waals surface area contributed by atoms with E-state index in [1.165, 1.54) is 0 Å². The van der Waals surface area contributed by atoms with Gasteiger partial charge in [-0.1, -0.05) is 0 Å². The zero-order chi connectivity index (χ0) is 11.3. The second-order valence-corrected chi connectivity index (χ2v) is 2.56. The van der Waals surface area contributed by atoms with Crippen molar-refractivity contribution in [3.63, 3.8) is 0 Å². The van der Waals surface area contributed by atoms with Gasteiger partial charge in [-0.15, -0.1) is 0 Å². The number of rotatable bonds is 1. The van der Waals surface area contributed by atoms with Gasteiger partial charge in [-0.25, -0.2) is 14.2 Å². The quantitative estimate of drug-likeness (QED) is 0.545. The Kier molecular flexibility index (Phi) is 3.63. The zero-order valence-electron chi connectivity index (χ0n) is 8.08. The summed E-state index contributed by atoms with van der Waals surface area (Å²) in [6, 6.07) is 1.09. The minimum atomic E-state index is -0.664. The van der Waals surface area contributed by atoms with E-state index in [0.29, 0.717) is 0 Å². The van der Waals surface area contributed by atoms with E-state index in [9.17, 15) is 9.18 Å². The van der Waals surface area contributed by atoms with Crippen molar-refractivity contribution in [2.45, 2.75) is 6.92 Å². The van der Waals surface area contributed by atoms with Crippen molar-refractivity contribution in [3.8, 4) is 11.8 Å². The van der Waals surface area contributed by atoms with Crippen molar-refractivity contribution in [2.75, 3.05) is 12.3 Å². The number of carbonyl (C=O) groups is 1. The third-order valence-corrected chi connectivity index (χ3v) is 1.44. The van der Waals surface area contributed by atoms with E-state index >= 15 is 0 Å². The molecule has 78 valence electrons. The molecule has 0 saturated heterocycles. The number of hydrogen-bond acceptors (Lipinski definition) is 4. The van der Waals surface area contributed by atoms with Crippen LogP contribution in [0, 0.1) is 17.7 Å². The average Bonchev–Trinajstić information content (AvgIpc) is 2.17. The molecule has 1 aromatic rings. The van der Waals surface area contributed by atoms with Crippen molar-refractivity contribution in [1.82, 2.24) is 4.98 Å². The van der Waals surface area contributed by atoms with Gasteiger partial charge in [-0.2, -0.15) is 0 Å². The zero-order valence-corrected chi connectivity index (χ0v) is 8.08. The van der Waals surface area contributed by atoms with Crippen LogP contribution < -0.4 is 5.73 Å². The molecule has 0 unspecified atom stereocenters. The van der Waals surface area contributed by atoms with Gasteiger partial charge in [0.25, 0.3) is 0 Å². The minimum absolute atomic E-state index is 0.0896. The summed E-state index contributed by atoms with van der Waals surface area (Å²) in [6.45, 7) is 1.92. The second-order valence-electron chi connectivity index (χ2n) is 2.56. The molecular weight excluding hydrogens is 199 g/mol. The normalized spacial score (nSPS) is 8.93. The Labute approximate surface area is 86.3 Å². The lowest BCUT2D eigenvalue weighted by molar-refractivity contribution is -0.136. The highest BCUT2D eigenvalue weighted by Crippen LogP contribution is 2.07. The Balaban J connectivity index is 2.84. The van der Waals surface area contributed by atoms with Crippen LogP contribution in [-0.4, -0.2) is 17.6 Å². The lowest BCUT2D eigenvalue weighted by Crippen LogP contribution is -2.00. The number of anilines is 1. The van der Waals surface area contributed by atoms with Gasteiger partial charge in [0, 0.05) is 12.0 Å². The largest absolute Gasteiger partial charge is 0.456 e. The molecule has 1 aromatic heterocycles. The van der Waals surface area contributed by atoms with Gasteiger partial charge < -0.3 is 10.5 Å². The van der Waals surface area contributed by atoms with E-state index in [1.54, 1.807) is 6.92 Å². The molecular formula is C10H9FN2O2. The maximum atomic E-state index is 12.6. The van der Waals surface area contributed by atoms with Crippen LogP contribution in [-0.2, 0) is 9.53 Å². The highest BCUT2D eigenvalue weighted by Gasteiger charge is 2.00. The predicted octanol–water partition coefficient (Wildman–Crippen LogP) is 0.718. The third kappa shape index (κ3) is 3.27. The number of nitrogen functional groups attached to an aromatic ring is 1. The number of ether oxygens (including phenoxy) is 1. The molecule has 0 aliphatic rings. The number of aromatic nitrogens is 1. The summed E-state index contributed by atoms with van der Waals surface area (Å²) in [6.07, 6.45) is 0.978. The Hall–Kier alpha value is -2.09. The molecule has 0 aliphatic carbocycles. The van der Waals surface area contributed by atoms with E-state index in [2.05, 4.69) is 21.6 Å². The molecule has 1 rings (SSSR count).